The average Bonchev–Trinajstić information content (AvgIpc) is 3.04. The Morgan fingerprint density at radius 3 is 2.84 bits per heavy atom. The van der Waals surface area contributed by atoms with Gasteiger partial charge in [0.2, 0.25) is 5.76 Å². The molecule has 0 radical (unpaired) electrons. The topological polar surface area (TPSA) is 62.6 Å². The quantitative estimate of drug-likeness (QED) is 0.832. The zero-order chi connectivity index (χ0) is 13.7. The maximum atomic E-state index is 8.92. The summed E-state index contributed by atoms with van der Waals surface area (Å²) < 4.78 is 10.5. The van der Waals surface area contributed by atoms with Crippen LogP contribution in [-0.2, 0) is 6.54 Å². The van der Waals surface area contributed by atoms with Gasteiger partial charge in [0.25, 0.3) is 0 Å². The number of nitrogens with zero attached hydrogens (tertiary/aromatic N) is 2. The molecule has 0 aliphatic carbocycles. The van der Waals surface area contributed by atoms with Crippen molar-refractivity contribution in [1.29, 1.82) is 0 Å². The molecule has 104 valence electrons. The molecule has 2 aromatic heterocycles. The van der Waals surface area contributed by atoms with E-state index in [9.17, 15) is 0 Å². The minimum absolute atomic E-state index is 0.208. The Bertz CT molecular complexity index is 477. The van der Waals surface area contributed by atoms with Gasteiger partial charge in [0.1, 0.15) is 0 Å². The van der Waals surface area contributed by atoms with Gasteiger partial charge < -0.3 is 14.0 Å². The first-order valence-corrected chi connectivity index (χ1v) is 6.55. The highest BCUT2D eigenvalue weighted by atomic mass is 16.5. The van der Waals surface area contributed by atoms with Crippen LogP contribution in [0.2, 0.25) is 0 Å². The van der Waals surface area contributed by atoms with Gasteiger partial charge in [0.15, 0.2) is 5.76 Å². The van der Waals surface area contributed by atoms with Crippen LogP contribution in [0.15, 0.2) is 33.4 Å². The lowest BCUT2D eigenvalue weighted by atomic mass is 10.2. The smallest absolute Gasteiger partial charge is 0.202 e. The maximum absolute atomic E-state index is 8.92. The molecule has 0 saturated carbocycles. The fraction of sp³-hybridized carbons (Fsp3) is 0.500. The second kappa shape index (κ2) is 6.54. The molecule has 0 aliphatic heterocycles. The molecule has 2 rings (SSSR count). The van der Waals surface area contributed by atoms with Gasteiger partial charge in [-0.25, -0.2) is 0 Å². The van der Waals surface area contributed by atoms with Gasteiger partial charge in [-0.05, 0) is 32.4 Å². The molecule has 0 saturated heterocycles. The largest absolute Gasteiger partial charge is 0.461 e. The summed E-state index contributed by atoms with van der Waals surface area (Å²) in [5, 5.41) is 13.0. The Morgan fingerprint density at radius 2 is 2.21 bits per heavy atom. The predicted octanol–water partition coefficient (Wildman–Crippen LogP) is 2.53. The third-order valence-corrected chi connectivity index (χ3v) is 3.02. The van der Waals surface area contributed by atoms with E-state index in [1.165, 1.54) is 0 Å². The lowest BCUT2D eigenvalue weighted by molar-refractivity contribution is 0.181. The van der Waals surface area contributed by atoms with E-state index in [0.29, 0.717) is 24.1 Å². The monoisotopic (exact) mass is 264 g/mol. The van der Waals surface area contributed by atoms with Gasteiger partial charge in [0, 0.05) is 31.8 Å². The predicted molar refractivity (Wildman–Crippen MR) is 71.5 cm³/mol. The normalized spacial score (nSPS) is 11.6. The Kier molecular flexibility index (Phi) is 4.76. The molecule has 0 atom stereocenters. The van der Waals surface area contributed by atoms with Crippen LogP contribution in [0.25, 0.3) is 11.5 Å². The van der Waals surface area contributed by atoms with Crippen molar-refractivity contribution in [2.75, 3.05) is 13.2 Å². The molecular formula is C14H20N2O3. The molecule has 1 N–H and O–H groups in total. The van der Waals surface area contributed by atoms with Crippen LogP contribution >= 0.6 is 0 Å². The van der Waals surface area contributed by atoms with Crippen LogP contribution in [0.1, 0.15) is 26.0 Å². The number of hydrogen-bond acceptors (Lipinski definition) is 5. The zero-order valence-corrected chi connectivity index (χ0v) is 11.4. The minimum atomic E-state index is 0.208. The van der Waals surface area contributed by atoms with E-state index in [-0.39, 0.29) is 6.61 Å². The van der Waals surface area contributed by atoms with Gasteiger partial charge in [0.05, 0.1) is 12.0 Å². The van der Waals surface area contributed by atoms with E-state index in [1.807, 2.05) is 18.2 Å². The van der Waals surface area contributed by atoms with E-state index in [1.54, 1.807) is 6.26 Å². The van der Waals surface area contributed by atoms with Gasteiger partial charge in [-0.3, -0.25) is 4.90 Å². The molecule has 2 heterocycles. The molecule has 0 aromatic carbocycles. The number of aromatic nitrogens is 1. The van der Waals surface area contributed by atoms with E-state index < -0.39 is 0 Å². The van der Waals surface area contributed by atoms with Gasteiger partial charge in [-0.2, -0.15) is 0 Å². The lowest BCUT2D eigenvalue weighted by Gasteiger charge is -2.24. The van der Waals surface area contributed by atoms with E-state index in [2.05, 4.69) is 23.9 Å². The standard InChI is InChI=1S/C14H20N2O3/c1-11(2)16(6-4-7-17)10-12-9-14(19-15-12)13-5-3-8-18-13/h3,5,8-9,11,17H,4,6-7,10H2,1-2H3. The highest BCUT2D eigenvalue weighted by molar-refractivity contribution is 5.49. The number of hydrogen-bond donors (Lipinski definition) is 1. The number of aliphatic hydroxyl groups excluding tert-OH is 1. The van der Waals surface area contributed by atoms with Crippen LogP contribution < -0.4 is 0 Å². The molecule has 19 heavy (non-hydrogen) atoms. The second-order valence-corrected chi connectivity index (χ2v) is 4.80. The first-order valence-electron chi connectivity index (χ1n) is 6.55. The van der Waals surface area contributed by atoms with Gasteiger partial charge in [-0.1, -0.05) is 5.16 Å². The number of aliphatic hydroxyl groups is 1. The van der Waals surface area contributed by atoms with Crippen molar-refractivity contribution < 1.29 is 14.0 Å². The third-order valence-electron chi connectivity index (χ3n) is 3.02. The van der Waals surface area contributed by atoms with Crippen LogP contribution in [0.4, 0.5) is 0 Å². The summed E-state index contributed by atoms with van der Waals surface area (Å²) in [6, 6.07) is 5.96. The highest BCUT2D eigenvalue weighted by Crippen LogP contribution is 2.21. The van der Waals surface area contributed by atoms with Gasteiger partial charge in [-0.15, -0.1) is 0 Å². The third kappa shape index (κ3) is 3.68. The van der Waals surface area contributed by atoms with Crippen LogP contribution in [0, 0.1) is 0 Å². The summed E-state index contributed by atoms with van der Waals surface area (Å²) in [5.41, 5.74) is 0.873. The molecule has 0 amide bonds. The summed E-state index contributed by atoms with van der Waals surface area (Å²) in [6.45, 7) is 6.02. The van der Waals surface area contributed by atoms with Crippen LogP contribution in [0.5, 0.6) is 0 Å². The van der Waals surface area contributed by atoms with Crippen molar-refractivity contribution in [2.45, 2.75) is 32.9 Å². The summed E-state index contributed by atoms with van der Waals surface area (Å²) in [4.78, 5) is 2.25. The first-order chi connectivity index (χ1) is 9.20. The van der Waals surface area contributed by atoms with Crippen LogP contribution in [-0.4, -0.2) is 34.4 Å². The average molecular weight is 264 g/mol. The van der Waals surface area contributed by atoms with Crippen molar-refractivity contribution in [3.8, 4) is 11.5 Å². The fourth-order valence-electron chi connectivity index (χ4n) is 1.92. The highest BCUT2D eigenvalue weighted by Gasteiger charge is 2.14. The van der Waals surface area contributed by atoms with E-state index in [4.69, 9.17) is 14.0 Å². The van der Waals surface area contributed by atoms with Crippen LogP contribution in [0.3, 0.4) is 0 Å². The second-order valence-electron chi connectivity index (χ2n) is 4.80. The zero-order valence-electron chi connectivity index (χ0n) is 11.4. The van der Waals surface area contributed by atoms with Crippen molar-refractivity contribution in [2.24, 2.45) is 0 Å². The number of rotatable bonds is 7. The van der Waals surface area contributed by atoms with E-state index >= 15 is 0 Å². The molecule has 2 aromatic rings. The summed E-state index contributed by atoms with van der Waals surface area (Å²) in [7, 11) is 0. The van der Waals surface area contributed by atoms with E-state index in [0.717, 1.165) is 18.7 Å². The molecule has 5 nitrogen and oxygen atoms in total. The maximum Gasteiger partial charge on any atom is 0.202 e. The molecule has 0 fully saturated rings. The van der Waals surface area contributed by atoms with Crippen molar-refractivity contribution in [1.82, 2.24) is 10.1 Å². The molecule has 5 heteroatoms. The molecule has 0 bridgehead atoms. The Morgan fingerprint density at radius 1 is 1.37 bits per heavy atom. The molecular weight excluding hydrogens is 244 g/mol. The van der Waals surface area contributed by atoms with Crippen molar-refractivity contribution in [3.63, 3.8) is 0 Å². The SMILES string of the molecule is CC(C)N(CCCO)Cc1cc(-c2ccco2)on1. The molecule has 0 aliphatic rings. The van der Waals surface area contributed by atoms with Gasteiger partial charge >= 0.3 is 0 Å². The fourth-order valence-corrected chi connectivity index (χ4v) is 1.92. The Labute approximate surface area is 112 Å². The summed E-state index contributed by atoms with van der Waals surface area (Å²) >= 11 is 0. The molecule has 0 spiro atoms. The Balaban J connectivity index is 2.01. The lowest BCUT2D eigenvalue weighted by Crippen LogP contribution is -2.31. The minimum Gasteiger partial charge on any atom is -0.461 e. The first kappa shape index (κ1) is 13.8. The van der Waals surface area contributed by atoms with Crippen molar-refractivity contribution in [3.05, 3.63) is 30.2 Å². The summed E-state index contributed by atoms with van der Waals surface area (Å²) in [5.74, 6) is 1.33. The Hall–Kier alpha value is -1.59. The van der Waals surface area contributed by atoms with Crippen molar-refractivity contribution >= 4 is 0 Å². The summed E-state index contributed by atoms with van der Waals surface area (Å²) in [6.07, 6.45) is 2.38. The molecule has 0 unspecified atom stereocenters. The number of furan rings is 1.